The standard InChI is InChI=1S/C30H54N4O4S/c1-9-10-15-22(21(2)35)31-25(36)23-16-14-19-34(23)26(37)24(28(3,4)5)32-27(38)33-30(17-12-11-13-18-30)20-39-29(6,7)8/h22-24H,9-20H2,1-8H3,(H,31,36)(H2,32,33,38)/t22?,23-,24?/m0/s1. The number of ketones is 1. The highest BCUT2D eigenvalue weighted by Crippen LogP contribution is 2.35. The summed E-state index contributed by atoms with van der Waals surface area (Å²) >= 11 is 1.86. The molecule has 3 N–H and O–H groups in total. The number of hydrogen-bond donors (Lipinski definition) is 3. The molecule has 0 radical (unpaired) electrons. The van der Waals surface area contributed by atoms with Crippen LogP contribution in [-0.4, -0.2) is 69.2 Å². The Hall–Kier alpha value is -1.77. The van der Waals surface area contributed by atoms with Gasteiger partial charge in [0.15, 0.2) is 5.78 Å². The molecule has 9 heteroatoms. The Labute approximate surface area is 240 Å². The summed E-state index contributed by atoms with van der Waals surface area (Å²) < 4.78 is 0.0930. The number of unbranched alkanes of at least 4 members (excludes halogenated alkanes) is 1. The molecule has 39 heavy (non-hydrogen) atoms. The molecular formula is C30H54N4O4S. The van der Waals surface area contributed by atoms with Crippen molar-refractivity contribution in [1.82, 2.24) is 20.9 Å². The fraction of sp³-hybridized carbons (Fsp3) is 0.867. The molecule has 1 aliphatic heterocycles. The predicted molar refractivity (Wildman–Crippen MR) is 160 cm³/mol. The van der Waals surface area contributed by atoms with Crippen LogP contribution < -0.4 is 16.0 Å². The number of Topliss-reactive ketones (excluding diaryl/α,β-unsaturated/α-hetero) is 1. The Morgan fingerprint density at radius 3 is 2.15 bits per heavy atom. The fourth-order valence-corrected chi connectivity index (χ4v) is 6.54. The van der Waals surface area contributed by atoms with Gasteiger partial charge in [0.05, 0.1) is 11.6 Å². The van der Waals surface area contributed by atoms with Crippen LogP contribution in [-0.2, 0) is 14.4 Å². The van der Waals surface area contributed by atoms with E-state index in [0.717, 1.165) is 44.3 Å². The van der Waals surface area contributed by atoms with Crippen molar-refractivity contribution in [3.63, 3.8) is 0 Å². The van der Waals surface area contributed by atoms with Crippen molar-refractivity contribution >= 4 is 35.4 Å². The van der Waals surface area contributed by atoms with Crippen molar-refractivity contribution in [3.8, 4) is 0 Å². The lowest BCUT2D eigenvalue weighted by Crippen LogP contribution is -2.62. The van der Waals surface area contributed by atoms with Crippen LogP contribution in [0.4, 0.5) is 4.79 Å². The van der Waals surface area contributed by atoms with Crippen LogP contribution in [0.2, 0.25) is 0 Å². The molecular weight excluding hydrogens is 512 g/mol. The minimum atomic E-state index is -0.787. The van der Waals surface area contributed by atoms with E-state index in [4.69, 9.17) is 0 Å². The van der Waals surface area contributed by atoms with E-state index in [9.17, 15) is 19.2 Å². The van der Waals surface area contributed by atoms with Crippen molar-refractivity contribution in [1.29, 1.82) is 0 Å². The van der Waals surface area contributed by atoms with E-state index in [1.54, 1.807) is 4.90 Å². The highest BCUT2D eigenvalue weighted by molar-refractivity contribution is 8.00. The molecule has 2 rings (SSSR count). The lowest BCUT2D eigenvalue weighted by atomic mass is 9.83. The Balaban J connectivity index is 2.15. The van der Waals surface area contributed by atoms with Gasteiger partial charge in [-0.2, -0.15) is 11.8 Å². The number of nitrogens with one attached hydrogen (secondary N) is 3. The Morgan fingerprint density at radius 2 is 1.62 bits per heavy atom. The average Bonchev–Trinajstić information content (AvgIpc) is 3.33. The van der Waals surface area contributed by atoms with Gasteiger partial charge in [-0.25, -0.2) is 4.79 Å². The zero-order chi connectivity index (χ0) is 29.4. The molecule has 2 unspecified atom stereocenters. The van der Waals surface area contributed by atoms with E-state index in [1.165, 1.54) is 13.3 Å². The predicted octanol–water partition coefficient (Wildman–Crippen LogP) is 5.19. The smallest absolute Gasteiger partial charge is 0.315 e. The van der Waals surface area contributed by atoms with Gasteiger partial charge < -0.3 is 20.9 Å². The number of carbonyl (C=O) groups excluding carboxylic acids is 4. The van der Waals surface area contributed by atoms with E-state index in [0.29, 0.717) is 25.8 Å². The maximum absolute atomic E-state index is 13.9. The summed E-state index contributed by atoms with van der Waals surface area (Å²) in [6.07, 6.45) is 8.83. The molecule has 1 saturated heterocycles. The SMILES string of the molecule is CCCCC(NC(=O)[C@@H]1CCCN1C(=O)C(NC(=O)NC1(CSC(C)(C)C)CCCCC1)C(C)(C)C)C(C)=O. The third-order valence-electron chi connectivity index (χ3n) is 7.85. The number of urea groups is 1. The van der Waals surface area contributed by atoms with Gasteiger partial charge in [0.2, 0.25) is 11.8 Å². The van der Waals surface area contributed by atoms with Crippen molar-refractivity contribution in [2.45, 2.75) is 148 Å². The number of likely N-dealkylation sites (tertiary alicyclic amines) is 1. The molecule has 1 aliphatic carbocycles. The molecule has 2 fully saturated rings. The van der Waals surface area contributed by atoms with Crippen molar-refractivity contribution in [2.24, 2.45) is 5.41 Å². The van der Waals surface area contributed by atoms with Gasteiger partial charge in [0.1, 0.15) is 12.1 Å². The quantitative estimate of drug-likeness (QED) is 0.319. The number of rotatable bonds is 11. The molecule has 224 valence electrons. The molecule has 3 atom stereocenters. The Bertz CT molecular complexity index is 858. The van der Waals surface area contributed by atoms with Gasteiger partial charge in [-0.05, 0) is 44.4 Å². The van der Waals surface area contributed by atoms with Gasteiger partial charge in [-0.1, -0.05) is 80.6 Å². The molecule has 1 saturated carbocycles. The second kappa shape index (κ2) is 14.2. The third-order valence-corrected chi connectivity index (χ3v) is 9.41. The first-order valence-electron chi connectivity index (χ1n) is 14.9. The van der Waals surface area contributed by atoms with Crippen LogP contribution >= 0.6 is 11.8 Å². The zero-order valence-corrected chi connectivity index (χ0v) is 26.5. The number of carbonyl (C=O) groups is 4. The number of hydrogen-bond acceptors (Lipinski definition) is 5. The van der Waals surface area contributed by atoms with E-state index in [1.807, 2.05) is 39.5 Å². The molecule has 0 aromatic carbocycles. The van der Waals surface area contributed by atoms with Crippen LogP contribution in [0.25, 0.3) is 0 Å². The number of amides is 4. The van der Waals surface area contributed by atoms with Crippen LogP contribution in [0.15, 0.2) is 0 Å². The first-order valence-corrected chi connectivity index (χ1v) is 15.9. The summed E-state index contributed by atoms with van der Waals surface area (Å²) in [7, 11) is 0. The average molecular weight is 567 g/mol. The van der Waals surface area contributed by atoms with Gasteiger partial charge in [-0.3, -0.25) is 14.4 Å². The number of nitrogens with zero attached hydrogens (tertiary/aromatic N) is 1. The van der Waals surface area contributed by atoms with Crippen LogP contribution in [0, 0.1) is 5.41 Å². The molecule has 0 bridgehead atoms. The van der Waals surface area contributed by atoms with Gasteiger partial charge in [0, 0.05) is 17.0 Å². The largest absolute Gasteiger partial charge is 0.345 e. The third kappa shape index (κ3) is 10.3. The topological polar surface area (TPSA) is 108 Å². The molecule has 0 spiro atoms. The van der Waals surface area contributed by atoms with Crippen LogP contribution in [0.1, 0.15) is 120 Å². The summed E-state index contributed by atoms with van der Waals surface area (Å²) in [5.41, 5.74) is -0.844. The zero-order valence-electron chi connectivity index (χ0n) is 25.7. The molecule has 0 aromatic heterocycles. The minimum absolute atomic E-state index is 0.0696. The van der Waals surface area contributed by atoms with Gasteiger partial charge in [0.25, 0.3) is 0 Å². The normalized spacial score (nSPS) is 21.1. The van der Waals surface area contributed by atoms with Crippen molar-refractivity contribution < 1.29 is 19.2 Å². The summed E-state index contributed by atoms with van der Waals surface area (Å²) in [5, 5.41) is 9.20. The maximum atomic E-state index is 13.9. The second-order valence-electron chi connectivity index (χ2n) is 13.6. The molecule has 4 amide bonds. The summed E-state index contributed by atoms with van der Waals surface area (Å²) in [6, 6.07) is -2.28. The van der Waals surface area contributed by atoms with Crippen LogP contribution in [0.3, 0.4) is 0 Å². The van der Waals surface area contributed by atoms with E-state index in [2.05, 4.69) is 36.7 Å². The molecule has 0 aromatic rings. The Kier molecular flexibility index (Phi) is 12.2. The summed E-state index contributed by atoms with van der Waals surface area (Å²) in [6.45, 7) is 16.4. The first kappa shape index (κ1) is 33.4. The lowest BCUT2D eigenvalue weighted by molar-refractivity contribution is -0.142. The first-order chi connectivity index (χ1) is 18.1. The molecule has 8 nitrogen and oxygen atoms in total. The number of thioether (sulfide) groups is 1. The molecule has 2 aliphatic rings. The van der Waals surface area contributed by atoms with E-state index in [-0.39, 0.29) is 33.9 Å². The highest BCUT2D eigenvalue weighted by atomic mass is 32.2. The highest BCUT2D eigenvalue weighted by Gasteiger charge is 2.43. The minimum Gasteiger partial charge on any atom is -0.345 e. The van der Waals surface area contributed by atoms with Crippen molar-refractivity contribution in [2.75, 3.05) is 12.3 Å². The van der Waals surface area contributed by atoms with E-state index >= 15 is 0 Å². The van der Waals surface area contributed by atoms with Crippen molar-refractivity contribution in [3.05, 3.63) is 0 Å². The lowest BCUT2D eigenvalue weighted by Gasteiger charge is -2.41. The maximum Gasteiger partial charge on any atom is 0.315 e. The molecule has 1 heterocycles. The monoisotopic (exact) mass is 566 g/mol. The summed E-state index contributed by atoms with van der Waals surface area (Å²) in [5.74, 6) is 0.237. The summed E-state index contributed by atoms with van der Waals surface area (Å²) in [4.78, 5) is 54.3. The van der Waals surface area contributed by atoms with Gasteiger partial charge in [-0.15, -0.1) is 0 Å². The van der Waals surface area contributed by atoms with Gasteiger partial charge >= 0.3 is 6.03 Å². The Morgan fingerprint density at radius 1 is 0.974 bits per heavy atom. The fourth-order valence-electron chi connectivity index (χ4n) is 5.47. The van der Waals surface area contributed by atoms with Crippen LogP contribution in [0.5, 0.6) is 0 Å². The second-order valence-corrected chi connectivity index (χ2v) is 15.4. The van der Waals surface area contributed by atoms with E-state index < -0.39 is 23.5 Å².